The third-order valence-electron chi connectivity index (χ3n) is 1.65. The van der Waals surface area contributed by atoms with Crippen molar-refractivity contribution < 1.29 is 30.0 Å². The maximum absolute atomic E-state index is 11.6. The summed E-state index contributed by atoms with van der Waals surface area (Å²) in [6.07, 6.45) is 0. The van der Waals surface area contributed by atoms with Gasteiger partial charge in [-0.25, -0.2) is 0 Å². The van der Waals surface area contributed by atoms with E-state index in [9.17, 15) is 21.6 Å². The smallest absolute Gasteiger partial charge is 0.296 e. The van der Waals surface area contributed by atoms with E-state index in [0.717, 1.165) is 0 Å². The van der Waals surface area contributed by atoms with Gasteiger partial charge in [-0.05, 0) is 20.8 Å². The second kappa shape index (κ2) is 7.02. The predicted molar refractivity (Wildman–Crippen MR) is 63.6 cm³/mol. The van der Waals surface area contributed by atoms with E-state index in [1.807, 2.05) is 0 Å². The molecule has 0 aliphatic carbocycles. The van der Waals surface area contributed by atoms with E-state index in [4.69, 9.17) is 0 Å². The van der Waals surface area contributed by atoms with Crippen LogP contribution in [-0.2, 0) is 33.4 Å². The molecule has 0 saturated heterocycles. The molecule has 10 heteroatoms. The maximum Gasteiger partial charge on any atom is 0.296 e. The summed E-state index contributed by atoms with van der Waals surface area (Å²) in [4.78, 5) is 11.6. The zero-order chi connectivity index (χ0) is 14.4. The molecule has 0 aromatic carbocycles. The summed E-state index contributed by atoms with van der Waals surface area (Å²) in [6, 6.07) is 0. The molecule has 1 amide bonds. The van der Waals surface area contributed by atoms with Crippen LogP contribution in [0.15, 0.2) is 0 Å². The summed E-state index contributed by atoms with van der Waals surface area (Å²) < 4.78 is 52.8. The molecule has 1 N–H and O–H groups in total. The maximum atomic E-state index is 11.6. The molecular formula is C8H17NO7S2. The molecule has 0 aliphatic heterocycles. The summed E-state index contributed by atoms with van der Waals surface area (Å²) >= 11 is 0. The highest BCUT2D eigenvalue weighted by molar-refractivity contribution is 8.06. The predicted octanol–water partition coefficient (Wildman–Crippen LogP) is -0.819. The van der Waals surface area contributed by atoms with Crippen molar-refractivity contribution in [3.05, 3.63) is 0 Å². The second-order valence-electron chi connectivity index (χ2n) is 3.03. The van der Waals surface area contributed by atoms with Gasteiger partial charge >= 0.3 is 0 Å². The number of hydrogen-bond donors (Lipinski definition) is 1. The number of rotatable bonds is 8. The van der Waals surface area contributed by atoms with E-state index in [2.05, 4.69) is 13.7 Å². The van der Waals surface area contributed by atoms with Crippen LogP contribution in [0.3, 0.4) is 0 Å². The first-order chi connectivity index (χ1) is 8.22. The zero-order valence-electron chi connectivity index (χ0n) is 10.4. The molecule has 108 valence electrons. The van der Waals surface area contributed by atoms with Crippen LogP contribution < -0.4 is 5.32 Å². The van der Waals surface area contributed by atoms with Gasteiger partial charge in [-0.2, -0.15) is 16.8 Å². The number of carbonyl (C=O) groups excluding carboxylic acids is 1. The number of nitrogens with one attached hydrogen (secondary N) is 1. The molecule has 0 aromatic heterocycles. The van der Waals surface area contributed by atoms with Crippen molar-refractivity contribution in [2.45, 2.75) is 25.4 Å². The van der Waals surface area contributed by atoms with Crippen molar-refractivity contribution in [3.8, 4) is 0 Å². The molecule has 0 spiro atoms. The molecule has 0 aliphatic rings. The third-order valence-corrected chi connectivity index (χ3v) is 5.67. The Morgan fingerprint density at radius 2 is 1.39 bits per heavy atom. The lowest BCUT2D eigenvalue weighted by atomic mass is 10.6. The van der Waals surface area contributed by atoms with E-state index in [-0.39, 0.29) is 19.8 Å². The van der Waals surface area contributed by atoms with Crippen molar-refractivity contribution in [3.63, 3.8) is 0 Å². The van der Waals surface area contributed by atoms with E-state index < -0.39 is 30.7 Å². The van der Waals surface area contributed by atoms with Crippen LogP contribution in [0.5, 0.6) is 0 Å². The second-order valence-corrected chi connectivity index (χ2v) is 6.71. The molecule has 0 rings (SSSR count). The van der Waals surface area contributed by atoms with Gasteiger partial charge in [0.1, 0.15) is 0 Å². The fraction of sp³-hybridized carbons (Fsp3) is 0.875. The summed E-state index contributed by atoms with van der Waals surface area (Å²) in [5.74, 6) is -1.19. The average Bonchev–Trinajstić information content (AvgIpc) is 2.15. The van der Waals surface area contributed by atoms with E-state index >= 15 is 0 Å². The molecule has 0 aromatic rings. The van der Waals surface area contributed by atoms with Crippen molar-refractivity contribution >= 4 is 26.1 Å². The molecule has 0 fully saturated rings. The van der Waals surface area contributed by atoms with Gasteiger partial charge in [-0.1, -0.05) is 0 Å². The molecule has 0 unspecified atom stereocenters. The van der Waals surface area contributed by atoms with Gasteiger partial charge in [0.25, 0.3) is 30.7 Å². The number of amides is 1. The molecule has 0 radical (unpaired) electrons. The van der Waals surface area contributed by atoms with Crippen LogP contribution in [0.4, 0.5) is 0 Å². The van der Waals surface area contributed by atoms with Gasteiger partial charge in [0.2, 0.25) is 0 Å². The lowest BCUT2D eigenvalue weighted by Gasteiger charge is -2.15. The molecule has 0 atom stereocenters. The Bertz CT molecular complexity index is 432. The SMILES string of the molecule is CCNC(=O)C(S(=O)(=O)OCC)S(=O)(=O)OCC. The Hall–Kier alpha value is -0.710. The first-order valence-corrected chi connectivity index (χ1v) is 8.21. The molecule has 18 heavy (non-hydrogen) atoms. The van der Waals surface area contributed by atoms with Crippen molar-refractivity contribution in [2.75, 3.05) is 19.8 Å². The Morgan fingerprint density at radius 3 is 1.67 bits per heavy atom. The van der Waals surface area contributed by atoms with Gasteiger partial charge in [-0.3, -0.25) is 13.2 Å². The lowest BCUT2D eigenvalue weighted by molar-refractivity contribution is -0.119. The quantitative estimate of drug-likeness (QED) is 0.582. The van der Waals surface area contributed by atoms with E-state index in [1.165, 1.54) is 20.8 Å². The van der Waals surface area contributed by atoms with E-state index in [1.54, 1.807) is 0 Å². The lowest BCUT2D eigenvalue weighted by Crippen LogP contribution is -2.46. The van der Waals surface area contributed by atoms with Crippen LogP contribution in [0.2, 0.25) is 0 Å². The minimum absolute atomic E-state index is 0.0820. The molecule has 8 nitrogen and oxygen atoms in total. The Morgan fingerprint density at radius 1 is 1.00 bits per heavy atom. The fourth-order valence-electron chi connectivity index (χ4n) is 1.12. The van der Waals surface area contributed by atoms with Crippen LogP contribution in [0.25, 0.3) is 0 Å². The first kappa shape index (κ1) is 17.3. The van der Waals surface area contributed by atoms with Crippen LogP contribution >= 0.6 is 0 Å². The van der Waals surface area contributed by atoms with Crippen molar-refractivity contribution in [1.29, 1.82) is 0 Å². The van der Waals surface area contributed by atoms with Crippen molar-refractivity contribution in [1.82, 2.24) is 5.32 Å². The van der Waals surface area contributed by atoms with Gasteiger partial charge in [0.05, 0.1) is 13.2 Å². The highest BCUT2D eigenvalue weighted by Crippen LogP contribution is 2.14. The summed E-state index contributed by atoms with van der Waals surface area (Å²) in [5, 5.41) is 2.12. The third kappa shape index (κ3) is 4.52. The Kier molecular flexibility index (Phi) is 6.74. The fourth-order valence-corrected chi connectivity index (χ4v) is 4.20. The van der Waals surface area contributed by atoms with Crippen LogP contribution in [0.1, 0.15) is 20.8 Å². The van der Waals surface area contributed by atoms with Crippen LogP contribution in [0, 0.1) is 0 Å². The summed E-state index contributed by atoms with van der Waals surface area (Å²) in [5.41, 5.74) is 0. The summed E-state index contributed by atoms with van der Waals surface area (Å²) in [7, 11) is -9.20. The van der Waals surface area contributed by atoms with E-state index in [0.29, 0.717) is 0 Å². The van der Waals surface area contributed by atoms with Crippen LogP contribution in [-0.4, -0.2) is 47.1 Å². The molecule has 0 saturated carbocycles. The van der Waals surface area contributed by atoms with Crippen molar-refractivity contribution in [2.24, 2.45) is 0 Å². The Balaban J connectivity index is 5.53. The minimum atomic E-state index is -4.60. The van der Waals surface area contributed by atoms with Gasteiger partial charge < -0.3 is 5.32 Å². The molecule has 0 bridgehead atoms. The topological polar surface area (TPSA) is 116 Å². The normalized spacial score (nSPS) is 12.7. The highest BCUT2D eigenvalue weighted by atomic mass is 32.3. The van der Waals surface area contributed by atoms with Gasteiger partial charge in [0.15, 0.2) is 0 Å². The minimum Gasteiger partial charge on any atom is -0.354 e. The first-order valence-electron chi connectivity index (χ1n) is 5.27. The van der Waals surface area contributed by atoms with Gasteiger partial charge in [0, 0.05) is 6.54 Å². The largest absolute Gasteiger partial charge is 0.354 e. The highest BCUT2D eigenvalue weighted by Gasteiger charge is 2.45. The number of hydrogen-bond acceptors (Lipinski definition) is 7. The summed E-state index contributed by atoms with van der Waals surface area (Å²) in [6.45, 7) is 3.77. The standard InChI is InChI=1S/C8H17NO7S2/c1-4-9-7(10)8(17(11,12)15-5-2)18(13,14)16-6-3/h8H,4-6H2,1-3H3,(H,9,10). The zero-order valence-corrected chi connectivity index (χ0v) is 12.0. The number of carbonyl (C=O) groups is 1. The molecular weight excluding hydrogens is 286 g/mol. The monoisotopic (exact) mass is 303 g/mol. The Labute approximate surface area is 107 Å². The molecule has 0 heterocycles. The average molecular weight is 303 g/mol. The van der Waals surface area contributed by atoms with Gasteiger partial charge in [-0.15, -0.1) is 0 Å².